The van der Waals surface area contributed by atoms with Crippen molar-refractivity contribution in [2.24, 2.45) is 0 Å². The topological polar surface area (TPSA) is 66.5 Å². The molecular weight excluding hydrogens is 452 g/mol. The van der Waals surface area contributed by atoms with Crippen LogP contribution in [-0.4, -0.2) is 20.9 Å². The molecule has 1 N–H and O–H groups in total. The van der Waals surface area contributed by atoms with Crippen molar-refractivity contribution in [2.75, 3.05) is 10.8 Å². The van der Waals surface area contributed by atoms with Crippen LogP contribution in [0.25, 0.3) is 11.1 Å². The summed E-state index contributed by atoms with van der Waals surface area (Å²) < 4.78 is 28.6. The van der Waals surface area contributed by atoms with Crippen LogP contribution in [0.4, 0.5) is 5.69 Å². The quantitative estimate of drug-likeness (QED) is 0.610. The van der Waals surface area contributed by atoms with Crippen molar-refractivity contribution < 1.29 is 13.2 Å². The number of nitrogens with one attached hydrogen (secondary N) is 1. The Balaban J connectivity index is 1.68. The van der Waals surface area contributed by atoms with Crippen LogP contribution in [0.1, 0.15) is 18.5 Å². The number of hydrogen-bond donors (Lipinski definition) is 1. The van der Waals surface area contributed by atoms with E-state index in [0.717, 1.165) is 15.6 Å². The highest BCUT2D eigenvalue weighted by molar-refractivity contribution is 9.10. The molecule has 0 bridgehead atoms. The van der Waals surface area contributed by atoms with Gasteiger partial charge in [0, 0.05) is 15.6 Å². The molecule has 0 unspecified atom stereocenters. The van der Waals surface area contributed by atoms with Gasteiger partial charge in [0.2, 0.25) is 5.91 Å². The number of anilines is 1. The minimum Gasteiger partial charge on any atom is -0.348 e. The first-order valence-electron chi connectivity index (χ1n) is 9.14. The molecule has 1 heterocycles. The van der Waals surface area contributed by atoms with E-state index in [1.165, 1.54) is 4.31 Å². The predicted octanol–water partition coefficient (Wildman–Crippen LogP) is 4.50. The SMILES string of the molecule is C[C@@H](NC(=O)CN1c2ccc(Br)cc2-c2ccccc2S1(=O)=O)c1ccccc1. The first kappa shape index (κ1) is 19.7. The van der Waals surface area contributed by atoms with Gasteiger partial charge in [-0.15, -0.1) is 0 Å². The number of sulfonamides is 1. The maximum atomic E-state index is 13.3. The lowest BCUT2D eigenvalue weighted by molar-refractivity contribution is -0.120. The predicted molar refractivity (Wildman–Crippen MR) is 117 cm³/mol. The van der Waals surface area contributed by atoms with Crippen molar-refractivity contribution in [3.05, 3.63) is 82.8 Å². The summed E-state index contributed by atoms with van der Waals surface area (Å²) in [4.78, 5) is 12.9. The van der Waals surface area contributed by atoms with Crippen LogP contribution in [0.3, 0.4) is 0 Å². The molecule has 4 rings (SSSR count). The monoisotopic (exact) mass is 470 g/mol. The standard InChI is InChI=1S/C22H19BrN2O3S/c1-15(16-7-3-2-4-8-16)24-22(26)14-25-20-12-11-17(23)13-19(20)18-9-5-6-10-21(18)29(25,27)28/h2-13,15H,14H2,1H3,(H,24,26)/t15-/m1/s1. The Morgan fingerprint density at radius 1 is 1.00 bits per heavy atom. The Labute approximate surface area is 178 Å². The lowest BCUT2D eigenvalue weighted by Gasteiger charge is -2.32. The maximum absolute atomic E-state index is 13.3. The van der Waals surface area contributed by atoms with Crippen molar-refractivity contribution in [2.45, 2.75) is 17.9 Å². The average molecular weight is 471 g/mol. The van der Waals surface area contributed by atoms with Crippen molar-refractivity contribution in [1.82, 2.24) is 5.32 Å². The van der Waals surface area contributed by atoms with Crippen molar-refractivity contribution in [3.63, 3.8) is 0 Å². The molecular formula is C22H19BrN2O3S. The second-order valence-corrected chi connectivity index (χ2v) is 9.62. The zero-order valence-corrected chi connectivity index (χ0v) is 18.1. The molecule has 3 aromatic carbocycles. The molecule has 0 spiro atoms. The number of benzene rings is 3. The van der Waals surface area contributed by atoms with Gasteiger partial charge in [0.15, 0.2) is 0 Å². The van der Waals surface area contributed by atoms with Crippen molar-refractivity contribution in [1.29, 1.82) is 0 Å². The molecule has 3 aromatic rings. The van der Waals surface area contributed by atoms with Gasteiger partial charge >= 0.3 is 0 Å². The summed E-state index contributed by atoms with van der Waals surface area (Å²) >= 11 is 3.45. The number of halogens is 1. The van der Waals surface area contributed by atoms with E-state index in [0.29, 0.717) is 11.3 Å². The Bertz CT molecular complexity index is 1180. The van der Waals surface area contributed by atoms with Crippen LogP contribution in [0.5, 0.6) is 0 Å². The van der Waals surface area contributed by atoms with Gasteiger partial charge in [0.05, 0.1) is 16.6 Å². The highest BCUT2D eigenvalue weighted by Crippen LogP contribution is 2.43. The van der Waals surface area contributed by atoms with Gasteiger partial charge < -0.3 is 5.32 Å². The second kappa shape index (κ2) is 7.65. The number of amides is 1. The number of fused-ring (bicyclic) bond motifs is 3. The number of carbonyl (C=O) groups is 1. The highest BCUT2D eigenvalue weighted by Gasteiger charge is 2.36. The minimum absolute atomic E-state index is 0.203. The molecule has 29 heavy (non-hydrogen) atoms. The van der Waals surface area contributed by atoms with E-state index < -0.39 is 10.0 Å². The Hall–Kier alpha value is -2.64. The lowest BCUT2D eigenvalue weighted by Crippen LogP contribution is -2.43. The van der Waals surface area contributed by atoms with E-state index in [1.807, 2.05) is 49.4 Å². The van der Waals surface area contributed by atoms with E-state index in [2.05, 4.69) is 21.2 Å². The normalized spacial score (nSPS) is 15.2. The Morgan fingerprint density at radius 2 is 1.69 bits per heavy atom. The summed E-state index contributed by atoms with van der Waals surface area (Å²) in [5, 5.41) is 2.89. The first-order valence-corrected chi connectivity index (χ1v) is 11.4. The smallest absolute Gasteiger partial charge is 0.265 e. The molecule has 7 heteroatoms. The summed E-state index contributed by atoms with van der Waals surface area (Å²) in [5.41, 5.74) is 2.86. The summed E-state index contributed by atoms with van der Waals surface area (Å²) in [7, 11) is -3.85. The average Bonchev–Trinajstić information content (AvgIpc) is 2.72. The van der Waals surface area contributed by atoms with Crippen LogP contribution in [0, 0.1) is 0 Å². The van der Waals surface area contributed by atoms with Crippen LogP contribution in [0.15, 0.2) is 82.2 Å². The third-order valence-corrected chi connectivity index (χ3v) is 7.25. The van der Waals surface area contributed by atoms with E-state index in [1.54, 1.807) is 30.3 Å². The maximum Gasteiger partial charge on any atom is 0.265 e. The fourth-order valence-electron chi connectivity index (χ4n) is 3.52. The Morgan fingerprint density at radius 3 is 2.45 bits per heavy atom. The lowest BCUT2D eigenvalue weighted by atomic mass is 10.0. The molecule has 0 aliphatic carbocycles. The van der Waals surface area contributed by atoms with Crippen LogP contribution < -0.4 is 9.62 Å². The Kier molecular flexibility index (Phi) is 5.19. The van der Waals surface area contributed by atoms with E-state index in [-0.39, 0.29) is 23.4 Å². The van der Waals surface area contributed by atoms with Crippen LogP contribution in [0.2, 0.25) is 0 Å². The van der Waals surface area contributed by atoms with Gasteiger partial charge in [-0.25, -0.2) is 8.42 Å². The van der Waals surface area contributed by atoms with E-state index >= 15 is 0 Å². The fraction of sp³-hybridized carbons (Fsp3) is 0.136. The molecule has 0 saturated heterocycles. The molecule has 5 nitrogen and oxygen atoms in total. The third-order valence-electron chi connectivity index (χ3n) is 4.94. The largest absolute Gasteiger partial charge is 0.348 e. The third kappa shape index (κ3) is 3.68. The van der Waals surface area contributed by atoms with Gasteiger partial charge in [0.1, 0.15) is 6.54 Å². The summed E-state index contributed by atoms with van der Waals surface area (Å²) in [6, 6.07) is 21.6. The summed E-state index contributed by atoms with van der Waals surface area (Å²) in [6.45, 7) is 1.58. The van der Waals surface area contributed by atoms with Crippen molar-refractivity contribution in [3.8, 4) is 11.1 Å². The van der Waals surface area contributed by atoms with Gasteiger partial charge in [-0.3, -0.25) is 9.10 Å². The second-order valence-electron chi connectivity index (χ2n) is 6.87. The van der Waals surface area contributed by atoms with Crippen LogP contribution in [-0.2, 0) is 14.8 Å². The van der Waals surface area contributed by atoms with E-state index in [4.69, 9.17) is 0 Å². The molecule has 0 saturated carbocycles. The first-order chi connectivity index (χ1) is 13.9. The van der Waals surface area contributed by atoms with Gasteiger partial charge in [-0.1, -0.05) is 64.5 Å². The molecule has 0 fully saturated rings. The molecule has 1 aliphatic heterocycles. The molecule has 0 radical (unpaired) electrons. The van der Waals surface area contributed by atoms with Gasteiger partial charge in [0.25, 0.3) is 10.0 Å². The minimum atomic E-state index is -3.85. The highest BCUT2D eigenvalue weighted by atomic mass is 79.9. The molecule has 148 valence electrons. The molecule has 1 aliphatic rings. The summed E-state index contributed by atoms with van der Waals surface area (Å²) in [5.74, 6) is -0.363. The number of rotatable bonds is 4. The molecule has 0 aromatic heterocycles. The van der Waals surface area contributed by atoms with Gasteiger partial charge in [-0.2, -0.15) is 0 Å². The number of nitrogens with zero attached hydrogens (tertiary/aromatic N) is 1. The number of carbonyl (C=O) groups excluding carboxylic acids is 1. The summed E-state index contributed by atoms with van der Waals surface area (Å²) in [6.07, 6.45) is 0. The van der Waals surface area contributed by atoms with Crippen LogP contribution >= 0.6 is 15.9 Å². The number of hydrogen-bond acceptors (Lipinski definition) is 3. The molecule has 1 amide bonds. The van der Waals surface area contributed by atoms with E-state index in [9.17, 15) is 13.2 Å². The molecule has 1 atom stereocenters. The zero-order valence-electron chi connectivity index (χ0n) is 15.7. The zero-order chi connectivity index (χ0) is 20.6. The van der Waals surface area contributed by atoms with Gasteiger partial charge in [-0.05, 0) is 36.8 Å². The fourth-order valence-corrected chi connectivity index (χ4v) is 5.53. The van der Waals surface area contributed by atoms with Crippen molar-refractivity contribution >= 4 is 37.5 Å².